The van der Waals surface area contributed by atoms with E-state index < -0.39 is 0 Å². The predicted octanol–water partition coefficient (Wildman–Crippen LogP) is 5.32. The molecule has 2 rings (SSSR count). The molecule has 0 heteroatoms. The summed E-state index contributed by atoms with van der Waals surface area (Å²) in [6.07, 6.45) is 18.3. The Morgan fingerprint density at radius 2 is 1.47 bits per heavy atom. The highest BCUT2D eigenvalue weighted by Crippen LogP contribution is 2.50. The molecule has 0 heterocycles. The van der Waals surface area contributed by atoms with Crippen LogP contribution in [0.5, 0.6) is 0 Å². The molecule has 0 spiro atoms. The van der Waals surface area contributed by atoms with Crippen LogP contribution in [0.4, 0.5) is 0 Å². The molecule has 88 valence electrons. The van der Waals surface area contributed by atoms with E-state index in [1.807, 2.05) is 0 Å². The molecule has 0 radical (unpaired) electrons. The summed E-state index contributed by atoms with van der Waals surface area (Å²) >= 11 is 0. The van der Waals surface area contributed by atoms with E-state index in [-0.39, 0.29) is 0 Å². The van der Waals surface area contributed by atoms with E-state index >= 15 is 0 Å². The summed E-state index contributed by atoms with van der Waals surface area (Å²) in [6, 6.07) is 0. The minimum absolute atomic E-state index is 0.799. The Labute approximate surface area is 95.8 Å². The average Bonchev–Trinajstić information content (AvgIpc) is 2.32. The zero-order valence-corrected chi connectivity index (χ0v) is 10.6. The highest BCUT2D eigenvalue weighted by atomic mass is 14.4. The summed E-state index contributed by atoms with van der Waals surface area (Å²) in [5.74, 6) is 1.10. The molecule has 15 heavy (non-hydrogen) atoms. The smallest absolute Gasteiger partial charge is 0.0269 e. The van der Waals surface area contributed by atoms with Crippen molar-refractivity contribution in [3.05, 3.63) is 0 Å². The maximum atomic E-state index is 2.39. The first-order valence-electron chi connectivity index (χ1n) is 7.37. The highest BCUT2D eigenvalue weighted by molar-refractivity contribution is 4.90. The molecule has 2 aliphatic carbocycles. The third-order valence-electron chi connectivity index (χ3n) is 5.07. The normalized spacial score (nSPS) is 27.8. The van der Waals surface area contributed by atoms with Gasteiger partial charge in [-0.2, -0.15) is 0 Å². The van der Waals surface area contributed by atoms with Crippen molar-refractivity contribution in [3.63, 3.8) is 0 Å². The zero-order chi connectivity index (χ0) is 10.6. The maximum absolute atomic E-state index is 2.39. The van der Waals surface area contributed by atoms with Crippen LogP contribution in [-0.2, 0) is 0 Å². The van der Waals surface area contributed by atoms with Gasteiger partial charge >= 0.3 is 0 Å². The molecule has 0 atom stereocenters. The second-order valence-corrected chi connectivity index (χ2v) is 6.01. The average molecular weight is 208 g/mol. The fourth-order valence-electron chi connectivity index (χ4n) is 4.33. The third-order valence-corrected chi connectivity index (χ3v) is 5.07. The Bertz CT molecular complexity index is 165. The lowest BCUT2D eigenvalue weighted by Crippen LogP contribution is -2.34. The molecular formula is C15H28. The van der Waals surface area contributed by atoms with Gasteiger partial charge in [-0.1, -0.05) is 51.9 Å². The molecule has 0 N–H and O–H groups in total. The van der Waals surface area contributed by atoms with Crippen LogP contribution in [0, 0.1) is 11.3 Å². The van der Waals surface area contributed by atoms with Crippen LogP contribution in [0.3, 0.4) is 0 Å². The van der Waals surface area contributed by atoms with Gasteiger partial charge in [0, 0.05) is 0 Å². The summed E-state index contributed by atoms with van der Waals surface area (Å²) in [7, 11) is 0. The van der Waals surface area contributed by atoms with E-state index in [0.717, 1.165) is 11.3 Å². The minimum atomic E-state index is 0.799. The molecule has 0 saturated heterocycles. The number of rotatable bonds is 3. The second-order valence-electron chi connectivity index (χ2n) is 6.01. The summed E-state index contributed by atoms with van der Waals surface area (Å²) in [5, 5.41) is 0. The molecule has 0 amide bonds. The first-order valence-corrected chi connectivity index (χ1v) is 7.37. The van der Waals surface area contributed by atoms with Gasteiger partial charge in [-0.05, 0) is 43.4 Å². The topological polar surface area (TPSA) is 0 Å². The van der Waals surface area contributed by atoms with Crippen LogP contribution in [-0.4, -0.2) is 0 Å². The van der Waals surface area contributed by atoms with Gasteiger partial charge < -0.3 is 0 Å². The van der Waals surface area contributed by atoms with Gasteiger partial charge in [0.2, 0.25) is 0 Å². The second kappa shape index (κ2) is 5.37. The molecule has 0 aromatic heterocycles. The van der Waals surface area contributed by atoms with E-state index in [0.29, 0.717) is 0 Å². The van der Waals surface area contributed by atoms with Crippen molar-refractivity contribution in [3.8, 4) is 0 Å². The fourth-order valence-corrected chi connectivity index (χ4v) is 4.33. The summed E-state index contributed by atoms with van der Waals surface area (Å²) in [5.41, 5.74) is 0.799. The van der Waals surface area contributed by atoms with Crippen molar-refractivity contribution in [1.82, 2.24) is 0 Å². The maximum Gasteiger partial charge on any atom is -0.0269 e. The standard InChI is InChI=1S/C15H28/c1-2-11-15(12-7-4-8-13-15)14-9-5-3-6-10-14/h14H,2-13H2,1H3. The molecule has 2 saturated carbocycles. The van der Waals surface area contributed by atoms with Gasteiger partial charge in [0.25, 0.3) is 0 Å². The van der Waals surface area contributed by atoms with Gasteiger partial charge in [-0.25, -0.2) is 0 Å². The van der Waals surface area contributed by atoms with Crippen molar-refractivity contribution in [2.75, 3.05) is 0 Å². The Morgan fingerprint density at radius 3 is 2.07 bits per heavy atom. The van der Waals surface area contributed by atoms with Crippen LogP contribution < -0.4 is 0 Å². The lowest BCUT2D eigenvalue weighted by atomic mass is 9.60. The lowest BCUT2D eigenvalue weighted by Gasteiger charge is -2.45. The molecule has 0 aromatic rings. The molecule has 2 fully saturated rings. The van der Waals surface area contributed by atoms with Crippen molar-refractivity contribution in [1.29, 1.82) is 0 Å². The lowest BCUT2D eigenvalue weighted by molar-refractivity contribution is 0.0567. The summed E-state index contributed by atoms with van der Waals surface area (Å²) < 4.78 is 0. The molecule has 0 aromatic carbocycles. The quantitative estimate of drug-likeness (QED) is 0.589. The summed E-state index contributed by atoms with van der Waals surface area (Å²) in [4.78, 5) is 0. The Hall–Kier alpha value is 0. The van der Waals surface area contributed by atoms with Gasteiger partial charge in [-0.15, -0.1) is 0 Å². The van der Waals surface area contributed by atoms with Gasteiger partial charge in [0.15, 0.2) is 0 Å². The first-order chi connectivity index (χ1) is 7.37. The predicted molar refractivity (Wildman–Crippen MR) is 67.0 cm³/mol. The van der Waals surface area contributed by atoms with E-state index in [1.54, 1.807) is 25.7 Å². The van der Waals surface area contributed by atoms with Gasteiger partial charge in [0.05, 0.1) is 0 Å². The molecule has 0 nitrogen and oxygen atoms in total. The van der Waals surface area contributed by atoms with Gasteiger partial charge in [-0.3, -0.25) is 0 Å². The van der Waals surface area contributed by atoms with E-state index in [4.69, 9.17) is 0 Å². The largest absolute Gasteiger partial charge is 0.0654 e. The number of hydrogen-bond donors (Lipinski definition) is 0. The van der Waals surface area contributed by atoms with Crippen LogP contribution in [0.1, 0.15) is 84.0 Å². The van der Waals surface area contributed by atoms with Crippen LogP contribution in [0.2, 0.25) is 0 Å². The van der Waals surface area contributed by atoms with E-state index in [1.165, 1.54) is 51.4 Å². The minimum Gasteiger partial charge on any atom is -0.0654 e. The SMILES string of the molecule is CCCC1(C2CCCCC2)CCCCC1. The van der Waals surface area contributed by atoms with Gasteiger partial charge in [0.1, 0.15) is 0 Å². The van der Waals surface area contributed by atoms with E-state index in [9.17, 15) is 0 Å². The molecule has 0 unspecified atom stereocenters. The molecule has 0 aliphatic heterocycles. The first kappa shape index (κ1) is 11.5. The Morgan fingerprint density at radius 1 is 0.867 bits per heavy atom. The fraction of sp³-hybridized carbons (Fsp3) is 1.00. The zero-order valence-electron chi connectivity index (χ0n) is 10.6. The molecular weight excluding hydrogens is 180 g/mol. The highest BCUT2D eigenvalue weighted by Gasteiger charge is 2.38. The van der Waals surface area contributed by atoms with Crippen molar-refractivity contribution in [2.45, 2.75) is 84.0 Å². The molecule has 0 bridgehead atoms. The summed E-state index contributed by atoms with van der Waals surface area (Å²) in [6.45, 7) is 2.39. The third kappa shape index (κ3) is 2.57. The van der Waals surface area contributed by atoms with Crippen LogP contribution >= 0.6 is 0 Å². The Kier molecular flexibility index (Phi) is 4.11. The number of hydrogen-bond acceptors (Lipinski definition) is 0. The molecule has 2 aliphatic rings. The monoisotopic (exact) mass is 208 g/mol. The van der Waals surface area contributed by atoms with Crippen LogP contribution in [0.25, 0.3) is 0 Å². The van der Waals surface area contributed by atoms with Crippen molar-refractivity contribution in [2.24, 2.45) is 11.3 Å². The Balaban J connectivity index is 2.01. The van der Waals surface area contributed by atoms with Crippen LogP contribution in [0.15, 0.2) is 0 Å². The van der Waals surface area contributed by atoms with Crippen molar-refractivity contribution < 1.29 is 0 Å². The van der Waals surface area contributed by atoms with Crippen molar-refractivity contribution >= 4 is 0 Å². The van der Waals surface area contributed by atoms with E-state index in [2.05, 4.69) is 6.92 Å².